The maximum absolute atomic E-state index is 12.9. The summed E-state index contributed by atoms with van der Waals surface area (Å²) in [6, 6.07) is 2.34. The van der Waals surface area contributed by atoms with Crippen molar-refractivity contribution in [2.75, 3.05) is 0 Å². The van der Waals surface area contributed by atoms with Gasteiger partial charge in [-0.05, 0) is 75.7 Å². The number of nitrogens with one attached hydrogen (secondary N) is 1. The Hall–Kier alpha value is -1.91. The third kappa shape index (κ3) is 2.10. The van der Waals surface area contributed by atoms with Crippen molar-refractivity contribution in [3.8, 4) is 0 Å². The highest BCUT2D eigenvalue weighted by atomic mass is 16.1. The molecule has 0 unspecified atom stereocenters. The van der Waals surface area contributed by atoms with Crippen LogP contribution in [0.4, 0.5) is 0 Å². The van der Waals surface area contributed by atoms with E-state index >= 15 is 0 Å². The molecule has 4 saturated carbocycles. The van der Waals surface area contributed by atoms with Crippen LogP contribution in [-0.2, 0) is 0 Å². The molecule has 0 aliphatic heterocycles. The predicted octanol–water partition coefficient (Wildman–Crippen LogP) is 2.90. The number of hydrogen-bond donors (Lipinski definition) is 1. The van der Waals surface area contributed by atoms with Crippen LogP contribution in [0, 0.1) is 37.5 Å². The van der Waals surface area contributed by atoms with Crippen LogP contribution in [0.2, 0.25) is 0 Å². The van der Waals surface area contributed by atoms with Gasteiger partial charge in [0.15, 0.2) is 5.65 Å². The average molecular weight is 324 g/mol. The molecule has 0 saturated heterocycles. The summed E-state index contributed by atoms with van der Waals surface area (Å²) in [4.78, 5) is 17.5. The molecule has 5 nitrogen and oxygen atoms in total. The monoisotopic (exact) mass is 324 g/mol. The topological polar surface area (TPSA) is 59.3 Å². The molecular weight excluding hydrogens is 300 g/mol. The molecule has 0 radical (unpaired) electrons. The van der Waals surface area contributed by atoms with Crippen LogP contribution in [0.15, 0.2) is 12.3 Å². The maximum Gasteiger partial charge on any atom is 0.257 e. The van der Waals surface area contributed by atoms with Crippen LogP contribution in [0.25, 0.3) is 5.65 Å². The second kappa shape index (κ2) is 5.04. The van der Waals surface area contributed by atoms with E-state index in [0.29, 0.717) is 29.1 Å². The third-order valence-electron chi connectivity index (χ3n) is 6.55. The Morgan fingerprint density at radius 3 is 2.46 bits per heavy atom. The lowest BCUT2D eigenvalue weighted by Gasteiger charge is -2.54. The molecule has 2 aromatic rings. The lowest BCUT2D eigenvalue weighted by atomic mass is 9.54. The Balaban J connectivity index is 1.43. The van der Waals surface area contributed by atoms with Crippen molar-refractivity contribution in [2.24, 2.45) is 23.7 Å². The summed E-state index contributed by atoms with van der Waals surface area (Å²) < 4.78 is 1.76. The zero-order valence-electron chi connectivity index (χ0n) is 14.3. The van der Waals surface area contributed by atoms with Crippen molar-refractivity contribution in [3.05, 3.63) is 29.2 Å². The molecule has 24 heavy (non-hydrogen) atoms. The quantitative estimate of drug-likeness (QED) is 0.924. The molecule has 0 spiro atoms. The zero-order chi connectivity index (χ0) is 16.4. The van der Waals surface area contributed by atoms with Crippen molar-refractivity contribution in [1.29, 1.82) is 0 Å². The summed E-state index contributed by atoms with van der Waals surface area (Å²) >= 11 is 0. The molecule has 126 valence electrons. The summed E-state index contributed by atoms with van der Waals surface area (Å²) in [7, 11) is 0. The van der Waals surface area contributed by atoms with Gasteiger partial charge in [-0.2, -0.15) is 5.10 Å². The van der Waals surface area contributed by atoms with E-state index in [1.54, 1.807) is 10.7 Å². The van der Waals surface area contributed by atoms with Crippen molar-refractivity contribution < 1.29 is 4.79 Å². The van der Waals surface area contributed by atoms with E-state index < -0.39 is 0 Å². The molecule has 0 aromatic carbocycles. The Morgan fingerprint density at radius 2 is 1.79 bits per heavy atom. The highest BCUT2D eigenvalue weighted by Gasteiger charge is 2.48. The van der Waals surface area contributed by atoms with E-state index in [2.05, 4.69) is 15.4 Å². The number of nitrogens with zero attached hydrogens (tertiary/aromatic N) is 3. The molecular formula is C19H24N4O. The maximum atomic E-state index is 12.9. The van der Waals surface area contributed by atoms with Gasteiger partial charge in [0.25, 0.3) is 5.91 Å². The highest BCUT2D eigenvalue weighted by molar-refractivity contribution is 5.99. The Morgan fingerprint density at radius 1 is 1.12 bits per heavy atom. The number of amides is 1. The van der Waals surface area contributed by atoms with Gasteiger partial charge in [-0.25, -0.2) is 9.50 Å². The Bertz CT molecular complexity index is 796. The van der Waals surface area contributed by atoms with Crippen LogP contribution >= 0.6 is 0 Å². The standard InChI is InChI=1S/C19H24N4O/c1-10-3-11(2)23-18(21-10)16(9-20-23)19(24)22-17-14-5-12-4-13(7-14)8-15(17)6-12/h3,9,12-15,17H,4-8H2,1-2H3,(H,22,24). The Labute approximate surface area is 141 Å². The van der Waals surface area contributed by atoms with Gasteiger partial charge in [0.2, 0.25) is 0 Å². The second-order valence-corrected chi connectivity index (χ2v) is 8.26. The summed E-state index contributed by atoms with van der Waals surface area (Å²) in [5.41, 5.74) is 3.21. The number of fused-ring (bicyclic) bond motifs is 1. The fourth-order valence-corrected chi connectivity index (χ4v) is 5.82. The van der Waals surface area contributed by atoms with Gasteiger partial charge in [-0.15, -0.1) is 0 Å². The van der Waals surface area contributed by atoms with Gasteiger partial charge in [-0.3, -0.25) is 4.79 Å². The summed E-state index contributed by atoms with van der Waals surface area (Å²) in [6.45, 7) is 3.95. The van der Waals surface area contributed by atoms with Gasteiger partial charge in [0, 0.05) is 17.4 Å². The fraction of sp³-hybridized carbons (Fsp3) is 0.632. The van der Waals surface area contributed by atoms with Crippen LogP contribution in [0.1, 0.15) is 53.8 Å². The molecule has 1 amide bonds. The lowest BCUT2D eigenvalue weighted by molar-refractivity contribution is -0.0119. The minimum Gasteiger partial charge on any atom is -0.349 e. The molecule has 2 heterocycles. The van der Waals surface area contributed by atoms with Gasteiger partial charge in [0.1, 0.15) is 5.56 Å². The van der Waals surface area contributed by atoms with E-state index in [1.165, 1.54) is 32.1 Å². The smallest absolute Gasteiger partial charge is 0.257 e. The summed E-state index contributed by atoms with van der Waals surface area (Å²) in [6.07, 6.45) is 8.34. The van der Waals surface area contributed by atoms with E-state index in [-0.39, 0.29) is 5.91 Å². The number of aromatic nitrogens is 3. The molecule has 2 aromatic heterocycles. The van der Waals surface area contributed by atoms with Crippen molar-refractivity contribution in [1.82, 2.24) is 19.9 Å². The Kier molecular flexibility index (Phi) is 3.03. The van der Waals surface area contributed by atoms with Crippen LogP contribution in [-0.4, -0.2) is 26.5 Å². The third-order valence-corrected chi connectivity index (χ3v) is 6.55. The minimum absolute atomic E-state index is 0.0000246. The van der Waals surface area contributed by atoms with Crippen molar-refractivity contribution in [2.45, 2.75) is 52.0 Å². The minimum atomic E-state index is -0.0000246. The molecule has 6 rings (SSSR count). The van der Waals surface area contributed by atoms with Crippen molar-refractivity contribution >= 4 is 11.6 Å². The molecule has 4 aliphatic carbocycles. The van der Waals surface area contributed by atoms with Crippen LogP contribution in [0.5, 0.6) is 0 Å². The largest absolute Gasteiger partial charge is 0.349 e. The molecule has 4 bridgehead atoms. The normalized spacial score (nSPS) is 34.0. The van der Waals surface area contributed by atoms with E-state index in [0.717, 1.165) is 23.2 Å². The molecule has 4 fully saturated rings. The number of carbonyl (C=O) groups excluding carboxylic acids is 1. The first-order valence-electron chi connectivity index (χ1n) is 9.21. The number of rotatable bonds is 2. The van der Waals surface area contributed by atoms with E-state index in [9.17, 15) is 4.79 Å². The van der Waals surface area contributed by atoms with Gasteiger partial charge < -0.3 is 5.32 Å². The van der Waals surface area contributed by atoms with Gasteiger partial charge in [-0.1, -0.05) is 0 Å². The molecule has 1 N–H and O–H groups in total. The summed E-state index contributed by atoms with van der Waals surface area (Å²) in [5, 5.41) is 7.72. The number of aryl methyl sites for hydroxylation is 2. The molecule has 5 heteroatoms. The van der Waals surface area contributed by atoms with Crippen LogP contribution in [0.3, 0.4) is 0 Å². The first-order chi connectivity index (χ1) is 11.6. The highest BCUT2D eigenvalue weighted by Crippen LogP contribution is 2.53. The number of hydrogen-bond acceptors (Lipinski definition) is 3. The first-order valence-corrected chi connectivity index (χ1v) is 9.21. The predicted molar refractivity (Wildman–Crippen MR) is 90.8 cm³/mol. The molecule has 0 atom stereocenters. The SMILES string of the molecule is Cc1cc(C)n2ncc(C(=O)NC3C4CC5CC(C4)CC3C5)c2n1. The first kappa shape index (κ1) is 14.4. The zero-order valence-corrected chi connectivity index (χ0v) is 14.3. The van der Waals surface area contributed by atoms with E-state index in [1.807, 2.05) is 19.9 Å². The lowest BCUT2D eigenvalue weighted by Crippen LogP contribution is -2.55. The number of carbonyl (C=O) groups is 1. The second-order valence-electron chi connectivity index (χ2n) is 8.26. The summed E-state index contributed by atoms with van der Waals surface area (Å²) in [5.74, 6) is 3.21. The van der Waals surface area contributed by atoms with Crippen molar-refractivity contribution in [3.63, 3.8) is 0 Å². The fourth-order valence-electron chi connectivity index (χ4n) is 5.82. The van der Waals surface area contributed by atoms with Gasteiger partial charge in [0.05, 0.1) is 6.20 Å². The molecule has 4 aliphatic rings. The van der Waals surface area contributed by atoms with Gasteiger partial charge >= 0.3 is 0 Å². The van der Waals surface area contributed by atoms with E-state index in [4.69, 9.17) is 0 Å². The van der Waals surface area contributed by atoms with Crippen LogP contribution < -0.4 is 5.32 Å². The average Bonchev–Trinajstić information content (AvgIpc) is 2.94.